The maximum absolute atomic E-state index is 13.3. The number of likely N-dealkylation sites (tertiary alicyclic amines) is 1. The summed E-state index contributed by atoms with van der Waals surface area (Å²) in [5, 5.41) is 0. The molecule has 2 atom stereocenters. The Morgan fingerprint density at radius 3 is 2.76 bits per heavy atom. The van der Waals surface area contributed by atoms with Crippen molar-refractivity contribution in [3.63, 3.8) is 0 Å². The summed E-state index contributed by atoms with van der Waals surface area (Å²) in [4.78, 5) is 2.42. The highest BCUT2D eigenvalue weighted by Gasteiger charge is 2.22. The Labute approximate surface area is 103 Å². The molecule has 1 aromatic carbocycles. The number of nitrogens with zero attached hydrogens (tertiary/aromatic N) is 1. The molecule has 3 heteroatoms. The molecule has 1 saturated heterocycles. The third kappa shape index (κ3) is 3.19. The van der Waals surface area contributed by atoms with Crippen LogP contribution >= 0.6 is 0 Å². The SMILES string of the molecule is CC1CCC(C)N(Cc2cc(N)cc(F)c2)C1. The van der Waals surface area contributed by atoms with Gasteiger partial charge in [-0.1, -0.05) is 6.92 Å². The molecule has 1 aromatic rings. The van der Waals surface area contributed by atoms with Crippen LogP contribution in [0.5, 0.6) is 0 Å². The Bertz CT molecular complexity index is 372. The van der Waals surface area contributed by atoms with Gasteiger partial charge in [-0.05, 0) is 49.4 Å². The number of halogens is 1. The first-order valence-corrected chi connectivity index (χ1v) is 6.33. The second kappa shape index (κ2) is 5.05. The number of rotatable bonds is 2. The van der Waals surface area contributed by atoms with Crippen LogP contribution in [0.4, 0.5) is 10.1 Å². The second-order valence-electron chi connectivity index (χ2n) is 5.35. The molecule has 2 rings (SSSR count). The molecular weight excluding hydrogens is 215 g/mol. The lowest BCUT2D eigenvalue weighted by Crippen LogP contribution is -2.40. The largest absolute Gasteiger partial charge is 0.399 e. The summed E-state index contributed by atoms with van der Waals surface area (Å²) >= 11 is 0. The highest BCUT2D eigenvalue weighted by molar-refractivity contribution is 5.41. The van der Waals surface area contributed by atoms with Gasteiger partial charge in [-0.25, -0.2) is 4.39 Å². The van der Waals surface area contributed by atoms with Gasteiger partial charge in [-0.15, -0.1) is 0 Å². The molecule has 2 unspecified atom stereocenters. The molecule has 17 heavy (non-hydrogen) atoms. The van der Waals surface area contributed by atoms with Crippen LogP contribution in [0, 0.1) is 11.7 Å². The normalized spacial score (nSPS) is 26.1. The number of hydrogen-bond donors (Lipinski definition) is 1. The summed E-state index contributed by atoms with van der Waals surface area (Å²) < 4.78 is 13.3. The van der Waals surface area contributed by atoms with Crippen molar-refractivity contribution < 1.29 is 4.39 Å². The van der Waals surface area contributed by atoms with Crippen LogP contribution in [0.1, 0.15) is 32.3 Å². The standard InChI is InChI=1S/C14H21FN2/c1-10-3-4-11(2)17(8-10)9-12-5-13(15)7-14(16)6-12/h5-7,10-11H,3-4,8-9,16H2,1-2H3. The average molecular weight is 236 g/mol. The Morgan fingerprint density at radius 1 is 1.29 bits per heavy atom. The maximum atomic E-state index is 13.3. The lowest BCUT2D eigenvalue weighted by molar-refractivity contribution is 0.117. The zero-order valence-corrected chi connectivity index (χ0v) is 10.6. The Hall–Kier alpha value is -1.09. The van der Waals surface area contributed by atoms with Crippen LogP contribution in [-0.4, -0.2) is 17.5 Å². The summed E-state index contributed by atoms with van der Waals surface area (Å²) in [7, 11) is 0. The van der Waals surface area contributed by atoms with Crippen molar-refractivity contribution in [2.45, 2.75) is 39.3 Å². The van der Waals surface area contributed by atoms with Crippen LogP contribution in [-0.2, 0) is 6.54 Å². The fraction of sp³-hybridized carbons (Fsp3) is 0.571. The summed E-state index contributed by atoms with van der Waals surface area (Å²) in [5.74, 6) is 0.495. The molecule has 1 aliphatic heterocycles. The summed E-state index contributed by atoms with van der Waals surface area (Å²) in [5.41, 5.74) is 7.16. The Kier molecular flexibility index (Phi) is 3.67. The summed E-state index contributed by atoms with van der Waals surface area (Å²) in [6.07, 6.45) is 2.52. The molecule has 0 spiro atoms. The van der Waals surface area contributed by atoms with Crippen LogP contribution in [0.2, 0.25) is 0 Å². The first-order valence-electron chi connectivity index (χ1n) is 6.33. The molecule has 1 aliphatic rings. The molecule has 0 amide bonds. The third-order valence-electron chi connectivity index (χ3n) is 3.61. The smallest absolute Gasteiger partial charge is 0.125 e. The van der Waals surface area contributed by atoms with E-state index in [9.17, 15) is 4.39 Å². The molecule has 94 valence electrons. The van der Waals surface area contributed by atoms with E-state index >= 15 is 0 Å². The molecule has 0 radical (unpaired) electrons. The van der Waals surface area contributed by atoms with E-state index in [4.69, 9.17) is 5.73 Å². The number of hydrogen-bond acceptors (Lipinski definition) is 2. The van der Waals surface area contributed by atoms with Gasteiger partial charge in [0.1, 0.15) is 5.82 Å². The van der Waals surface area contributed by atoms with E-state index in [2.05, 4.69) is 18.7 Å². The molecule has 1 fully saturated rings. The van der Waals surface area contributed by atoms with E-state index in [0.29, 0.717) is 11.7 Å². The van der Waals surface area contributed by atoms with Crippen LogP contribution in [0.15, 0.2) is 18.2 Å². The van der Waals surface area contributed by atoms with Crippen LogP contribution in [0.25, 0.3) is 0 Å². The van der Waals surface area contributed by atoms with E-state index in [0.717, 1.165) is 24.6 Å². The minimum absolute atomic E-state index is 0.238. The van der Waals surface area contributed by atoms with Gasteiger partial charge < -0.3 is 5.73 Å². The molecule has 0 aromatic heterocycles. The van der Waals surface area contributed by atoms with E-state index in [1.807, 2.05) is 6.07 Å². The average Bonchev–Trinajstić information content (AvgIpc) is 2.22. The first-order chi connectivity index (χ1) is 8.04. The number of nitrogens with two attached hydrogens (primary N) is 1. The second-order valence-corrected chi connectivity index (χ2v) is 5.35. The van der Waals surface area contributed by atoms with Crippen LogP contribution in [0.3, 0.4) is 0 Å². The van der Waals surface area contributed by atoms with Gasteiger partial charge in [-0.3, -0.25) is 4.90 Å². The molecular formula is C14H21FN2. The number of piperidine rings is 1. The number of nitrogen functional groups attached to an aromatic ring is 1. The molecule has 0 bridgehead atoms. The Morgan fingerprint density at radius 2 is 2.06 bits per heavy atom. The predicted molar refractivity (Wildman–Crippen MR) is 69.1 cm³/mol. The van der Waals surface area contributed by atoms with Gasteiger partial charge >= 0.3 is 0 Å². The summed E-state index contributed by atoms with van der Waals surface area (Å²) in [6.45, 7) is 6.42. The quantitative estimate of drug-likeness (QED) is 0.800. The number of benzene rings is 1. The lowest BCUT2D eigenvalue weighted by Gasteiger charge is -2.36. The fourth-order valence-corrected chi connectivity index (χ4v) is 2.60. The summed E-state index contributed by atoms with van der Waals surface area (Å²) in [6, 6.07) is 5.40. The molecule has 0 saturated carbocycles. The monoisotopic (exact) mass is 236 g/mol. The lowest BCUT2D eigenvalue weighted by atomic mass is 9.94. The molecule has 2 nitrogen and oxygen atoms in total. The van der Waals surface area contributed by atoms with Crippen molar-refractivity contribution in [1.29, 1.82) is 0 Å². The van der Waals surface area contributed by atoms with Crippen molar-refractivity contribution in [3.8, 4) is 0 Å². The van der Waals surface area contributed by atoms with E-state index in [-0.39, 0.29) is 5.82 Å². The molecule has 2 N–H and O–H groups in total. The van der Waals surface area contributed by atoms with Crippen molar-refractivity contribution >= 4 is 5.69 Å². The van der Waals surface area contributed by atoms with Gasteiger partial charge in [0, 0.05) is 24.8 Å². The van der Waals surface area contributed by atoms with Gasteiger partial charge in [0.25, 0.3) is 0 Å². The van der Waals surface area contributed by atoms with E-state index in [1.165, 1.54) is 18.9 Å². The minimum Gasteiger partial charge on any atom is -0.399 e. The van der Waals surface area contributed by atoms with E-state index < -0.39 is 0 Å². The van der Waals surface area contributed by atoms with Crippen molar-refractivity contribution in [3.05, 3.63) is 29.6 Å². The zero-order chi connectivity index (χ0) is 12.4. The van der Waals surface area contributed by atoms with Gasteiger partial charge in [0.15, 0.2) is 0 Å². The third-order valence-corrected chi connectivity index (χ3v) is 3.61. The molecule has 1 heterocycles. The molecule has 0 aliphatic carbocycles. The van der Waals surface area contributed by atoms with Gasteiger partial charge in [0.2, 0.25) is 0 Å². The first kappa shape index (κ1) is 12.4. The highest BCUT2D eigenvalue weighted by Crippen LogP contribution is 2.24. The van der Waals surface area contributed by atoms with Gasteiger partial charge in [0.05, 0.1) is 0 Å². The van der Waals surface area contributed by atoms with Crippen molar-refractivity contribution in [1.82, 2.24) is 4.90 Å². The van der Waals surface area contributed by atoms with Crippen LogP contribution < -0.4 is 5.73 Å². The zero-order valence-electron chi connectivity index (χ0n) is 10.6. The van der Waals surface area contributed by atoms with Crippen molar-refractivity contribution in [2.24, 2.45) is 5.92 Å². The maximum Gasteiger partial charge on any atom is 0.125 e. The fourth-order valence-electron chi connectivity index (χ4n) is 2.60. The van der Waals surface area contributed by atoms with Crippen molar-refractivity contribution in [2.75, 3.05) is 12.3 Å². The Balaban J connectivity index is 2.08. The predicted octanol–water partition coefficient (Wildman–Crippen LogP) is 3.03. The van der Waals surface area contributed by atoms with Gasteiger partial charge in [-0.2, -0.15) is 0 Å². The number of anilines is 1. The topological polar surface area (TPSA) is 29.3 Å². The minimum atomic E-state index is -0.238. The van der Waals surface area contributed by atoms with E-state index in [1.54, 1.807) is 6.07 Å². The highest BCUT2D eigenvalue weighted by atomic mass is 19.1.